The van der Waals surface area contributed by atoms with Crippen molar-refractivity contribution < 1.29 is 4.79 Å². The van der Waals surface area contributed by atoms with Crippen molar-refractivity contribution in [3.8, 4) is 11.1 Å². The van der Waals surface area contributed by atoms with E-state index in [4.69, 9.17) is 0 Å². The molecule has 142 valence electrons. The summed E-state index contributed by atoms with van der Waals surface area (Å²) in [4.78, 5) is 12.4. The summed E-state index contributed by atoms with van der Waals surface area (Å²) in [6.45, 7) is 2.00. The van der Waals surface area contributed by atoms with Crippen LogP contribution in [0, 0.1) is 0 Å². The van der Waals surface area contributed by atoms with E-state index in [-0.39, 0.29) is 11.9 Å². The Kier molecular flexibility index (Phi) is 5.53. The van der Waals surface area contributed by atoms with Crippen molar-refractivity contribution in [3.63, 3.8) is 0 Å². The normalized spacial score (nSPS) is 12.2. The van der Waals surface area contributed by atoms with Gasteiger partial charge in [-0.05, 0) is 52.1 Å². The third-order valence-electron chi connectivity index (χ3n) is 5.08. The monoisotopic (exact) mass is 377 g/mol. The number of benzene rings is 4. The molecule has 2 heteroatoms. The van der Waals surface area contributed by atoms with Crippen molar-refractivity contribution in [1.29, 1.82) is 0 Å². The molecule has 0 saturated heterocycles. The van der Waals surface area contributed by atoms with Crippen LogP contribution < -0.4 is 5.32 Å². The van der Waals surface area contributed by atoms with Crippen LogP contribution in [-0.2, 0) is 4.79 Å². The van der Waals surface area contributed by atoms with Crippen LogP contribution in [0.4, 0.5) is 0 Å². The van der Waals surface area contributed by atoms with Gasteiger partial charge in [0.25, 0.3) is 0 Å². The SMILES string of the molecule is C[C@H](NC(=O)/C=C/c1ccc(-c2ccccc2)cc1)c1ccc2ccccc2c1. The minimum Gasteiger partial charge on any atom is -0.346 e. The van der Waals surface area contributed by atoms with E-state index in [9.17, 15) is 4.79 Å². The van der Waals surface area contributed by atoms with Gasteiger partial charge in [-0.3, -0.25) is 4.79 Å². The molecule has 0 aliphatic heterocycles. The molecule has 0 aromatic heterocycles. The standard InChI is InChI=1S/C27H23NO/c1-20(25-17-16-23-9-5-6-10-26(23)19-25)28-27(29)18-13-21-11-14-24(15-12-21)22-7-3-2-4-8-22/h2-20H,1H3,(H,28,29)/b18-13+/t20-/m0/s1. The number of rotatable bonds is 5. The van der Waals surface area contributed by atoms with E-state index < -0.39 is 0 Å². The molecule has 0 bridgehead atoms. The smallest absolute Gasteiger partial charge is 0.244 e. The van der Waals surface area contributed by atoms with E-state index in [0.29, 0.717) is 0 Å². The zero-order valence-corrected chi connectivity index (χ0v) is 16.4. The molecule has 0 heterocycles. The first-order valence-corrected chi connectivity index (χ1v) is 9.82. The maximum absolute atomic E-state index is 12.4. The van der Waals surface area contributed by atoms with E-state index in [0.717, 1.165) is 16.7 Å². The second-order valence-electron chi connectivity index (χ2n) is 7.16. The van der Waals surface area contributed by atoms with Gasteiger partial charge in [-0.25, -0.2) is 0 Å². The predicted octanol–water partition coefficient (Wildman–Crippen LogP) is 6.40. The molecule has 0 fully saturated rings. The summed E-state index contributed by atoms with van der Waals surface area (Å²) in [7, 11) is 0. The Hall–Kier alpha value is -3.65. The molecule has 0 radical (unpaired) electrons. The highest BCUT2D eigenvalue weighted by atomic mass is 16.1. The van der Waals surface area contributed by atoms with Crippen molar-refractivity contribution in [1.82, 2.24) is 5.32 Å². The van der Waals surface area contributed by atoms with Gasteiger partial charge >= 0.3 is 0 Å². The molecule has 1 amide bonds. The molecule has 2 nitrogen and oxygen atoms in total. The molecule has 1 atom stereocenters. The fraction of sp³-hybridized carbons (Fsp3) is 0.0741. The molecule has 4 aromatic rings. The minimum atomic E-state index is -0.0993. The summed E-state index contributed by atoms with van der Waals surface area (Å²) in [5.74, 6) is -0.0993. The molecule has 29 heavy (non-hydrogen) atoms. The molecule has 0 spiro atoms. The quantitative estimate of drug-likeness (QED) is 0.401. The Labute approximate surface area is 171 Å². The highest BCUT2D eigenvalue weighted by molar-refractivity contribution is 5.92. The van der Waals surface area contributed by atoms with Crippen molar-refractivity contribution in [3.05, 3.63) is 114 Å². The van der Waals surface area contributed by atoms with Crippen molar-refractivity contribution in [2.45, 2.75) is 13.0 Å². The van der Waals surface area contributed by atoms with Gasteiger partial charge in [-0.2, -0.15) is 0 Å². The first-order chi connectivity index (χ1) is 14.2. The average molecular weight is 377 g/mol. The molecule has 0 saturated carbocycles. The molecule has 1 N–H and O–H groups in total. The Bertz CT molecular complexity index is 1140. The third-order valence-corrected chi connectivity index (χ3v) is 5.08. The van der Waals surface area contributed by atoms with Crippen molar-refractivity contribution in [2.75, 3.05) is 0 Å². The predicted molar refractivity (Wildman–Crippen MR) is 121 cm³/mol. The summed E-state index contributed by atoms with van der Waals surface area (Å²) in [6, 6.07) is 32.9. The topological polar surface area (TPSA) is 29.1 Å². The summed E-state index contributed by atoms with van der Waals surface area (Å²) in [5, 5.41) is 5.43. The first kappa shape index (κ1) is 18.7. The van der Waals surface area contributed by atoms with E-state index in [1.807, 2.05) is 55.5 Å². The van der Waals surface area contributed by atoms with Gasteiger partial charge in [0.1, 0.15) is 0 Å². The van der Waals surface area contributed by atoms with Gasteiger partial charge in [0.05, 0.1) is 6.04 Å². The van der Waals surface area contributed by atoms with Crippen LogP contribution >= 0.6 is 0 Å². The lowest BCUT2D eigenvalue weighted by atomic mass is 10.0. The van der Waals surface area contributed by atoms with Gasteiger partial charge in [0.2, 0.25) is 5.91 Å². The number of fused-ring (bicyclic) bond motifs is 1. The van der Waals surface area contributed by atoms with Gasteiger partial charge in [0, 0.05) is 6.08 Å². The fourth-order valence-corrected chi connectivity index (χ4v) is 3.41. The fourth-order valence-electron chi connectivity index (χ4n) is 3.41. The van der Waals surface area contributed by atoms with Crippen LogP contribution in [0.5, 0.6) is 0 Å². The molecule has 4 rings (SSSR count). The maximum Gasteiger partial charge on any atom is 0.244 e. The lowest BCUT2D eigenvalue weighted by molar-refractivity contribution is -0.117. The Balaban J connectivity index is 1.40. The second-order valence-corrected chi connectivity index (χ2v) is 7.16. The average Bonchev–Trinajstić information content (AvgIpc) is 2.78. The molecule has 0 aliphatic carbocycles. The second kappa shape index (κ2) is 8.57. The van der Waals surface area contributed by atoms with Crippen LogP contribution in [0.15, 0.2) is 103 Å². The van der Waals surface area contributed by atoms with Crippen LogP contribution in [0.25, 0.3) is 28.0 Å². The molecule has 0 aliphatic rings. The van der Waals surface area contributed by atoms with Crippen LogP contribution in [0.1, 0.15) is 24.1 Å². The van der Waals surface area contributed by atoms with Crippen molar-refractivity contribution in [2.24, 2.45) is 0 Å². The number of carbonyl (C=O) groups is 1. The zero-order valence-electron chi connectivity index (χ0n) is 16.4. The third kappa shape index (κ3) is 4.61. The molecule has 4 aromatic carbocycles. The van der Waals surface area contributed by atoms with Crippen molar-refractivity contribution >= 4 is 22.8 Å². The Morgan fingerprint density at radius 2 is 1.41 bits per heavy atom. The van der Waals surface area contributed by atoms with Crippen LogP contribution in [0.2, 0.25) is 0 Å². The molecular weight excluding hydrogens is 354 g/mol. The Morgan fingerprint density at radius 3 is 2.17 bits per heavy atom. The zero-order chi connectivity index (χ0) is 20.1. The van der Waals surface area contributed by atoms with Gasteiger partial charge < -0.3 is 5.32 Å². The first-order valence-electron chi connectivity index (χ1n) is 9.82. The summed E-state index contributed by atoms with van der Waals surface area (Å²) in [6.07, 6.45) is 3.44. The molecular formula is C27H23NO. The van der Waals surface area contributed by atoms with Crippen LogP contribution in [-0.4, -0.2) is 5.91 Å². The minimum absolute atomic E-state index is 0.0581. The van der Waals surface area contributed by atoms with E-state index in [2.05, 4.69) is 59.9 Å². The maximum atomic E-state index is 12.4. The van der Waals surface area contributed by atoms with Crippen LogP contribution in [0.3, 0.4) is 0 Å². The number of nitrogens with one attached hydrogen (secondary N) is 1. The Morgan fingerprint density at radius 1 is 0.759 bits per heavy atom. The number of hydrogen-bond acceptors (Lipinski definition) is 1. The van der Waals surface area contributed by atoms with E-state index >= 15 is 0 Å². The lowest BCUT2D eigenvalue weighted by Crippen LogP contribution is -2.24. The summed E-state index contributed by atoms with van der Waals surface area (Å²) >= 11 is 0. The summed E-state index contributed by atoms with van der Waals surface area (Å²) in [5.41, 5.74) is 4.44. The van der Waals surface area contributed by atoms with E-state index in [1.165, 1.54) is 16.3 Å². The number of hydrogen-bond donors (Lipinski definition) is 1. The highest BCUT2D eigenvalue weighted by Gasteiger charge is 2.08. The van der Waals surface area contributed by atoms with Gasteiger partial charge in [0.15, 0.2) is 0 Å². The largest absolute Gasteiger partial charge is 0.346 e. The van der Waals surface area contributed by atoms with Gasteiger partial charge in [-0.1, -0.05) is 91.0 Å². The highest BCUT2D eigenvalue weighted by Crippen LogP contribution is 2.21. The number of amides is 1. The lowest BCUT2D eigenvalue weighted by Gasteiger charge is -2.14. The number of carbonyl (C=O) groups excluding carboxylic acids is 1. The molecule has 0 unspecified atom stereocenters. The summed E-state index contributed by atoms with van der Waals surface area (Å²) < 4.78 is 0. The van der Waals surface area contributed by atoms with Gasteiger partial charge in [-0.15, -0.1) is 0 Å². The van der Waals surface area contributed by atoms with E-state index in [1.54, 1.807) is 6.08 Å².